The number of methoxy groups -OCH3 is 1. The number of piperidine rings is 1. The summed E-state index contributed by atoms with van der Waals surface area (Å²) >= 11 is 0. The number of amides is 3. The molecule has 1 fully saturated rings. The Labute approximate surface area is 233 Å². The highest BCUT2D eigenvalue weighted by atomic mass is 19.4. The Morgan fingerprint density at radius 3 is 2.15 bits per heavy atom. The first-order valence-electron chi connectivity index (χ1n) is 12.9. The number of aryl methyl sites for hydroxylation is 1. The summed E-state index contributed by atoms with van der Waals surface area (Å²) in [6.45, 7) is 3.37. The fourth-order valence-corrected chi connectivity index (χ4v) is 5.15. The van der Waals surface area contributed by atoms with E-state index in [0.29, 0.717) is 17.5 Å². The predicted molar refractivity (Wildman–Crippen MR) is 137 cm³/mol. The number of nitrogens with zero attached hydrogens (tertiary/aromatic N) is 2. The molecule has 0 saturated carbocycles. The molecule has 226 valence electrons. The van der Waals surface area contributed by atoms with Gasteiger partial charge in [-0.15, -0.1) is 0 Å². The third-order valence-corrected chi connectivity index (χ3v) is 7.20. The molecule has 3 amide bonds. The van der Waals surface area contributed by atoms with Crippen LogP contribution >= 0.6 is 0 Å². The highest BCUT2D eigenvalue weighted by Gasteiger charge is 2.37. The molecule has 0 aromatic heterocycles. The number of ether oxygens (including phenoxy) is 1. The second-order valence-corrected chi connectivity index (χ2v) is 10.3. The lowest BCUT2D eigenvalue weighted by molar-refractivity contribution is -0.127. The molecule has 6 nitrogen and oxygen atoms in total. The van der Waals surface area contributed by atoms with E-state index in [1.807, 2.05) is 0 Å². The van der Waals surface area contributed by atoms with Crippen molar-refractivity contribution in [2.75, 3.05) is 20.7 Å². The number of carbonyl (C=O) groups excluding carboxylic acids is 2. The smallest absolute Gasteiger partial charge is 0.407 e. The normalized spacial score (nSPS) is 18.6. The van der Waals surface area contributed by atoms with E-state index in [2.05, 4.69) is 10.1 Å². The van der Waals surface area contributed by atoms with Crippen LogP contribution < -0.4 is 5.32 Å². The van der Waals surface area contributed by atoms with Crippen molar-refractivity contribution in [3.8, 4) is 0 Å². The monoisotopic (exact) mass is 591 g/mol. The molecule has 1 heterocycles. The Hall–Kier alpha value is -3.51. The maximum absolute atomic E-state index is 13.9. The summed E-state index contributed by atoms with van der Waals surface area (Å²) in [6, 6.07) is 4.93. The molecule has 1 aliphatic rings. The first-order valence-corrected chi connectivity index (χ1v) is 12.9. The molecule has 3 atom stereocenters. The van der Waals surface area contributed by atoms with E-state index in [4.69, 9.17) is 0 Å². The fraction of sp³-hybridized carbons (Fsp3) is 0.500. The lowest BCUT2D eigenvalue weighted by Gasteiger charge is -2.43. The molecule has 41 heavy (non-hydrogen) atoms. The van der Waals surface area contributed by atoms with Gasteiger partial charge in [-0.05, 0) is 66.6 Å². The van der Waals surface area contributed by atoms with Crippen molar-refractivity contribution < 1.29 is 45.1 Å². The molecular weight excluding hydrogens is 559 g/mol. The van der Waals surface area contributed by atoms with Gasteiger partial charge in [-0.25, -0.2) is 14.0 Å². The summed E-state index contributed by atoms with van der Waals surface area (Å²) in [5, 5.41) is 2.72. The van der Waals surface area contributed by atoms with Crippen LogP contribution in [0.5, 0.6) is 0 Å². The van der Waals surface area contributed by atoms with Crippen molar-refractivity contribution >= 4 is 12.1 Å². The topological polar surface area (TPSA) is 61.9 Å². The van der Waals surface area contributed by atoms with Gasteiger partial charge in [0.1, 0.15) is 5.82 Å². The fourth-order valence-electron chi connectivity index (χ4n) is 5.15. The Kier molecular flexibility index (Phi) is 9.81. The van der Waals surface area contributed by atoms with Gasteiger partial charge in [0, 0.05) is 19.6 Å². The number of hydrogen-bond acceptors (Lipinski definition) is 3. The SMILES string of the molecule is COC(=O)N[C@H]1CCN(C(=O)N(C)[C@@H](C)c2cc(CC(F)(F)F)cc(CC(F)(F)F)c2)[C@@H](c2ccc(F)cc2C)C1. The highest BCUT2D eigenvalue weighted by molar-refractivity contribution is 5.76. The van der Waals surface area contributed by atoms with Crippen LogP contribution in [0.15, 0.2) is 36.4 Å². The van der Waals surface area contributed by atoms with Gasteiger partial charge in [-0.1, -0.05) is 24.3 Å². The number of halogens is 7. The van der Waals surface area contributed by atoms with Crippen LogP contribution in [-0.2, 0) is 17.6 Å². The van der Waals surface area contributed by atoms with Gasteiger partial charge in [0.05, 0.1) is 32.0 Å². The third-order valence-electron chi connectivity index (χ3n) is 7.20. The van der Waals surface area contributed by atoms with E-state index in [9.17, 15) is 40.3 Å². The van der Waals surface area contributed by atoms with Gasteiger partial charge in [0.2, 0.25) is 0 Å². The number of likely N-dealkylation sites (tertiary alicyclic amines) is 1. The van der Waals surface area contributed by atoms with E-state index in [1.165, 1.54) is 43.0 Å². The molecular formula is C28H32F7N3O3. The molecule has 3 rings (SSSR count). The Bertz CT molecular complexity index is 1220. The van der Waals surface area contributed by atoms with Crippen molar-refractivity contribution in [1.82, 2.24) is 15.1 Å². The van der Waals surface area contributed by atoms with E-state index in [-0.39, 0.29) is 35.7 Å². The second-order valence-electron chi connectivity index (χ2n) is 10.3. The molecule has 0 bridgehead atoms. The minimum atomic E-state index is -4.64. The zero-order chi connectivity index (χ0) is 30.7. The largest absolute Gasteiger partial charge is 0.453 e. The molecule has 1 aliphatic heterocycles. The predicted octanol–water partition coefficient (Wildman–Crippen LogP) is 7.02. The van der Waals surface area contributed by atoms with Crippen LogP contribution in [0.2, 0.25) is 0 Å². The number of nitrogens with one attached hydrogen (secondary N) is 1. The lowest BCUT2D eigenvalue weighted by Crippen LogP contribution is -2.51. The quantitative estimate of drug-likeness (QED) is 0.368. The van der Waals surface area contributed by atoms with Crippen LogP contribution in [0.3, 0.4) is 0 Å². The van der Waals surface area contributed by atoms with Gasteiger partial charge in [-0.2, -0.15) is 26.3 Å². The van der Waals surface area contributed by atoms with E-state index < -0.39 is 55.2 Å². The van der Waals surface area contributed by atoms with Crippen LogP contribution in [0, 0.1) is 12.7 Å². The third kappa shape index (κ3) is 8.74. The number of carbonyl (C=O) groups is 2. The number of urea groups is 1. The van der Waals surface area contributed by atoms with E-state index >= 15 is 0 Å². The molecule has 0 aliphatic carbocycles. The summed E-state index contributed by atoms with van der Waals surface area (Å²) in [7, 11) is 2.63. The number of alkyl carbamates (subject to hydrolysis) is 1. The average Bonchev–Trinajstić information content (AvgIpc) is 2.85. The van der Waals surface area contributed by atoms with Gasteiger partial charge in [0.25, 0.3) is 0 Å². The summed E-state index contributed by atoms with van der Waals surface area (Å²) in [5.41, 5.74) is 0.655. The van der Waals surface area contributed by atoms with Crippen molar-refractivity contribution in [2.24, 2.45) is 0 Å². The highest BCUT2D eigenvalue weighted by Crippen LogP contribution is 2.36. The first kappa shape index (κ1) is 32.0. The standard InChI is InChI=1S/C28H32F7N3O3/c1-16-9-21(29)5-6-23(16)24-13-22(36-25(39)41-4)7-8-38(24)26(40)37(3)17(2)20-11-18(14-27(30,31)32)10-19(12-20)15-28(33,34)35/h5-6,9-12,17,22,24H,7-8,13-15H2,1-4H3,(H,36,39)/t17-,22-,24+/m0/s1. The molecule has 0 unspecified atom stereocenters. The zero-order valence-electron chi connectivity index (χ0n) is 23.0. The van der Waals surface area contributed by atoms with Crippen molar-refractivity contribution in [2.45, 2.75) is 70.0 Å². The Balaban J connectivity index is 1.93. The molecule has 0 spiro atoms. The van der Waals surface area contributed by atoms with Crippen molar-refractivity contribution in [3.05, 3.63) is 70.0 Å². The number of benzene rings is 2. The molecule has 13 heteroatoms. The first-order chi connectivity index (χ1) is 19.0. The van der Waals surface area contributed by atoms with Gasteiger partial charge >= 0.3 is 24.5 Å². The average molecular weight is 592 g/mol. The van der Waals surface area contributed by atoms with Gasteiger partial charge in [-0.3, -0.25) is 0 Å². The zero-order valence-corrected chi connectivity index (χ0v) is 23.0. The molecule has 2 aromatic carbocycles. The summed E-state index contributed by atoms with van der Waals surface area (Å²) in [6.07, 6.45) is -12.1. The van der Waals surface area contributed by atoms with E-state index in [1.54, 1.807) is 13.0 Å². The molecule has 1 N–H and O–H groups in total. The van der Waals surface area contributed by atoms with Crippen molar-refractivity contribution in [1.29, 1.82) is 0 Å². The maximum Gasteiger partial charge on any atom is 0.407 e. The summed E-state index contributed by atoms with van der Waals surface area (Å²) in [5.74, 6) is -0.469. The summed E-state index contributed by atoms with van der Waals surface area (Å²) in [4.78, 5) is 28.4. The van der Waals surface area contributed by atoms with Crippen LogP contribution in [0.25, 0.3) is 0 Å². The maximum atomic E-state index is 13.9. The molecule has 1 saturated heterocycles. The lowest BCUT2D eigenvalue weighted by atomic mass is 9.89. The van der Waals surface area contributed by atoms with Gasteiger partial charge < -0.3 is 19.9 Å². The van der Waals surface area contributed by atoms with Crippen molar-refractivity contribution in [3.63, 3.8) is 0 Å². The second kappa shape index (κ2) is 12.6. The number of rotatable bonds is 6. The van der Waals surface area contributed by atoms with Crippen LogP contribution in [0.1, 0.15) is 59.7 Å². The van der Waals surface area contributed by atoms with Gasteiger partial charge in [0.15, 0.2) is 0 Å². The van der Waals surface area contributed by atoms with Crippen LogP contribution in [-0.4, -0.2) is 61.0 Å². The minimum absolute atomic E-state index is 0.124. The Morgan fingerprint density at radius 1 is 1.05 bits per heavy atom. The Morgan fingerprint density at radius 2 is 1.63 bits per heavy atom. The minimum Gasteiger partial charge on any atom is -0.453 e. The number of alkyl halides is 6. The molecule has 2 aromatic rings. The van der Waals surface area contributed by atoms with E-state index in [0.717, 1.165) is 18.2 Å². The van der Waals surface area contributed by atoms with Crippen LogP contribution in [0.4, 0.5) is 40.3 Å². The number of hydrogen-bond donors (Lipinski definition) is 1. The molecule has 0 radical (unpaired) electrons. The summed E-state index contributed by atoms with van der Waals surface area (Å²) < 4.78 is 97.2.